The van der Waals surface area contributed by atoms with Gasteiger partial charge in [-0.25, -0.2) is 0 Å². The molecule has 1 heteroatoms. The molecule has 0 saturated carbocycles. The molecular weight excluding hydrogens is 244 g/mol. The molecular formula is C19H16O. The van der Waals surface area contributed by atoms with Gasteiger partial charge in [0.15, 0.2) is 0 Å². The first kappa shape index (κ1) is 12.5. The van der Waals surface area contributed by atoms with Gasteiger partial charge in [-0.05, 0) is 42.3 Å². The second-order valence-electron chi connectivity index (χ2n) is 4.81. The quantitative estimate of drug-likeness (QED) is 0.608. The maximum absolute atomic E-state index is 5.79. The Kier molecular flexibility index (Phi) is 3.51. The fourth-order valence-corrected chi connectivity index (χ4v) is 2.09. The van der Waals surface area contributed by atoms with Crippen molar-refractivity contribution in [3.63, 3.8) is 0 Å². The maximum atomic E-state index is 5.79. The van der Waals surface area contributed by atoms with Crippen LogP contribution in [0.1, 0.15) is 5.56 Å². The van der Waals surface area contributed by atoms with Crippen LogP contribution < -0.4 is 4.74 Å². The molecule has 0 heterocycles. The first-order valence-corrected chi connectivity index (χ1v) is 6.71. The van der Waals surface area contributed by atoms with Crippen molar-refractivity contribution in [1.82, 2.24) is 0 Å². The van der Waals surface area contributed by atoms with Crippen LogP contribution in [0.2, 0.25) is 0 Å². The molecule has 3 rings (SSSR count). The van der Waals surface area contributed by atoms with E-state index in [1.54, 1.807) is 0 Å². The zero-order valence-corrected chi connectivity index (χ0v) is 11.4. The van der Waals surface area contributed by atoms with E-state index in [0.29, 0.717) is 0 Å². The maximum Gasteiger partial charge on any atom is 0.127 e. The standard InChI is InChI=1S/C19H16O/c1-15-7-9-16(10-8-15)17-11-13-19(14-12-17)20-18-5-3-2-4-6-18/h2-14H,1H3. The molecule has 0 aliphatic carbocycles. The number of ether oxygens (including phenoxy) is 1. The summed E-state index contributed by atoms with van der Waals surface area (Å²) in [6.07, 6.45) is 0. The van der Waals surface area contributed by atoms with Gasteiger partial charge in [-0.3, -0.25) is 0 Å². The molecule has 0 radical (unpaired) electrons. The highest BCUT2D eigenvalue weighted by molar-refractivity contribution is 5.64. The number of hydrogen-bond acceptors (Lipinski definition) is 1. The van der Waals surface area contributed by atoms with Crippen LogP contribution in [-0.2, 0) is 0 Å². The second kappa shape index (κ2) is 5.62. The molecule has 3 aromatic carbocycles. The monoisotopic (exact) mass is 260 g/mol. The van der Waals surface area contributed by atoms with Gasteiger partial charge in [0.05, 0.1) is 0 Å². The van der Waals surface area contributed by atoms with Gasteiger partial charge in [0.1, 0.15) is 11.5 Å². The minimum absolute atomic E-state index is 0.854. The molecule has 0 aromatic heterocycles. The zero-order valence-electron chi connectivity index (χ0n) is 11.4. The minimum atomic E-state index is 0.854. The fourth-order valence-electron chi connectivity index (χ4n) is 2.09. The van der Waals surface area contributed by atoms with Gasteiger partial charge < -0.3 is 4.74 Å². The van der Waals surface area contributed by atoms with Gasteiger partial charge in [0, 0.05) is 0 Å². The summed E-state index contributed by atoms with van der Waals surface area (Å²) in [6, 6.07) is 26.5. The van der Waals surface area contributed by atoms with Crippen molar-refractivity contribution in [3.8, 4) is 22.6 Å². The third kappa shape index (κ3) is 2.89. The van der Waals surface area contributed by atoms with E-state index in [0.717, 1.165) is 11.5 Å². The second-order valence-corrected chi connectivity index (χ2v) is 4.81. The van der Waals surface area contributed by atoms with Crippen molar-refractivity contribution >= 4 is 0 Å². The molecule has 0 aliphatic rings. The number of rotatable bonds is 3. The third-order valence-electron chi connectivity index (χ3n) is 3.22. The Morgan fingerprint density at radius 3 is 1.65 bits per heavy atom. The van der Waals surface area contributed by atoms with Crippen LogP contribution in [0, 0.1) is 6.92 Å². The molecule has 0 N–H and O–H groups in total. The molecule has 1 nitrogen and oxygen atoms in total. The van der Waals surface area contributed by atoms with Crippen molar-refractivity contribution in [2.75, 3.05) is 0 Å². The lowest BCUT2D eigenvalue weighted by Gasteiger charge is -2.07. The normalized spacial score (nSPS) is 10.2. The molecule has 98 valence electrons. The van der Waals surface area contributed by atoms with Gasteiger partial charge in [0.2, 0.25) is 0 Å². The number of hydrogen-bond donors (Lipinski definition) is 0. The topological polar surface area (TPSA) is 9.23 Å². The van der Waals surface area contributed by atoms with Crippen LogP contribution in [0.4, 0.5) is 0 Å². The summed E-state index contributed by atoms with van der Waals surface area (Å²) in [5, 5.41) is 0. The van der Waals surface area contributed by atoms with E-state index < -0.39 is 0 Å². The number of para-hydroxylation sites is 1. The average molecular weight is 260 g/mol. The van der Waals surface area contributed by atoms with E-state index >= 15 is 0 Å². The third-order valence-corrected chi connectivity index (χ3v) is 3.22. The summed E-state index contributed by atoms with van der Waals surface area (Å²) in [7, 11) is 0. The molecule has 0 saturated heterocycles. The highest BCUT2D eigenvalue weighted by Gasteiger charge is 1.99. The van der Waals surface area contributed by atoms with Crippen LogP contribution in [0.15, 0.2) is 78.9 Å². The fraction of sp³-hybridized carbons (Fsp3) is 0.0526. The molecule has 0 fully saturated rings. The van der Waals surface area contributed by atoms with Crippen LogP contribution in [0.3, 0.4) is 0 Å². The Balaban J connectivity index is 1.79. The van der Waals surface area contributed by atoms with Gasteiger partial charge in [-0.2, -0.15) is 0 Å². The van der Waals surface area contributed by atoms with Crippen molar-refractivity contribution < 1.29 is 4.74 Å². The van der Waals surface area contributed by atoms with Crippen LogP contribution in [-0.4, -0.2) is 0 Å². The molecule has 0 atom stereocenters. The molecule has 0 amide bonds. The van der Waals surface area contributed by atoms with Gasteiger partial charge in [-0.1, -0.05) is 60.2 Å². The number of aryl methyl sites for hydroxylation is 1. The Bertz CT molecular complexity index is 667. The molecule has 0 unspecified atom stereocenters. The zero-order chi connectivity index (χ0) is 13.8. The summed E-state index contributed by atoms with van der Waals surface area (Å²) in [6.45, 7) is 2.10. The van der Waals surface area contributed by atoms with E-state index in [2.05, 4.69) is 43.3 Å². The van der Waals surface area contributed by atoms with Gasteiger partial charge >= 0.3 is 0 Å². The van der Waals surface area contributed by atoms with Crippen LogP contribution in [0.25, 0.3) is 11.1 Å². The van der Waals surface area contributed by atoms with Crippen LogP contribution >= 0.6 is 0 Å². The predicted octanol–water partition coefficient (Wildman–Crippen LogP) is 5.45. The highest BCUT2D eigenvalue weighted by atomic mass is 16.5. The SMILES string of the molecule is Cc1ccc(-c2ccc(Oc3ccccc3)cc2)cc1. The highest BCUT2D eigenvalue weighted by Crippen LogP contribution is 2.25. The predicted molar refractivity (Wildman–Crippen MR) is 83.1 cm³/mol. The smallest absolute Gasteiger partial charge is 0.127 e. The lowest BCUT2D eigenvalue weighted by atomic mass is 10.0. The van der Waals surface area contributed by atoms with E-state index in [4.69, 9.17) is 4.74 Å². The van der Waals surface area contributed by atoms with E-state index in [1.165, 1.54) is 16.7 Å². The van der Waals surface area contributed by atoms with Crippen molar-refractivity contribution in [2.24, 2.45) is 0 Å². The lowest BCUT2D eigenvalue weighted by Crippen LogP contribution is -1.84. The van der Waals surface area contributed by atoms with Crippen molar-refractivity contribution in [1.29, 1.82) is 0 Å². The largest absolute Gasteiger partial charge is 0.457 e. The van der Waals surface area contributed by atoms with Crippen molar-refractivity contribution in [2.45, 2.75) is 6.92 Å². The van der Waals surface area contributed by atoms with E-state index in [9.17, 15) is 0 Å². The summed E-state index contributed by atoms with van der Waals surface area (Å²) in [5.74, 6) is 1.71. The first-order valence-electron chi connectivity index (χ1n) is 6.71. The molecule has 0 bridgehead atoms. The Labute approximate surface area is 119 Å². The van der Waals surface area contributed by atoms with E-state index in [-0.39, 0.29) is 0 Å². The van der Waals surface area contributed by atoms with E-state index in [1.807, 2.05) is 42.5 Å². The molecule has 0 aliphatic heterocycles. The van der Waals surface area contributed by atoms with Crippen molar-refractivity contribution in [3.05, 3.63) is 84.4 Å². The molecule has 3 aromatic rings. The lowest BCUT2D eigenvalue weighted by molar-refractivity contribution is 0.483. The Morgan fingerprint density at radius 1 is 0.550 bits per heavy atom. The molecule has 20 heavy (non-hydrogen) atoms. The van der Waals surface area contributed by atoms with Gasteiger partial charge in [0.25, 0.3) is 0 Å². The van der Waals surface area contributed by atoms with Crippen LogP contribution in [0.5, 0.6) is 11.5 Å². The summed E-state index contributed by atoms with van der Waals surface area (Å²) in [5.41, 5.74) is 3.70. The minimum Gasteiger partial charge on any atom is -0.457 e. The van der Waals surface area contributed by atoms with Gasteiger partial charge in [-0.15, -0.1) is 0 Å². The number of benzene rings is 3. The summed E-state index contributed by atoms with van der Waals surface area (Å²) < 4.78 is 5.79. The first-order chi connectivity index (χ1) is 9.81. The Hall–Kier alpha value is -2.54. The summed E-state index contributed by atoms with van der Waals surface area (Å²) in [4.78, 5) is 0. The molecule has 0 spiro atoms. The average Bonchev–Trinajstić information content (AvgIpc) is 2.50. The summed E-state index contributed by atoms with van der Waals surface area (Å²) >= 11 is 0. The Morgan fingerprint density at radius 2 is 1.05 bits per heavy atom.